The third kappa shape index (κ3) is 4.30. The lowest BCUT2D eigenvalue weighted by atomic mass is 10.1. The van der Waals surface area contributed by atoms with E-state index in [1.54, 1.807) is 24.3 Å². The van der Waals surface area contributed by atoms with E-state index in [2.05, 4.69) is 4.98 Å². The van der Waals surface area contributed by atoms with Gasteiger partial charge in [0.25, 0.3) is 5.91 Å². The number of ether oxygens (including phenoxy) is 3. The fourth-order valence-corrected chi connectivity index (χ4v) is 4.04. The van der Waals surface area contributed by atoms with Crippen molar-refractivity contribution in [2.24, 2.45) is 0 Å². The number of rotatable bonds is 7. The number of benzene rings is 1. The molecule has 1 fully saturated rings. The van der Waals surface area contributed by atoms with Gasteiger partial charge in [-0.25, -0.2) is 13.2 Å². The number of hydrogen-bond acceptors (Lipinski definition) is 8. The highest BCUT2D eigenvalue weighted by molar-refractivity contribution is 7.92. The zero-order chi connectivity index (χ0) is 21.9. The van der Waals surface area contributed by atoms with Gasteiger partial charge in [-0.1, -0.05) is 30.3 Å². The second kappa shape index (κ2) is 8.57. The summed E-state index contributed by atoms with van der Waals surface area (Å²) >= 11 is 0. The number of sulfonamides is 1. The standard InChI is InChI=1S/C19H21N3O7S/c1-27-16-10-9-14(18(20-16)28-2)22(30(3,25)26)17(23)11-21-15(12-29-19(21)24)13-7-5-4-6-8-13/h4-10,15H,11-12H2,1-3H3/t15-/m0/s1. The lowest BCUT2D eigenvalue weighted by molar-refractivity contribution is -0.118. The lowest BCUT2D eigenvalue weighted by Crippen LogP contribution is -2.44. The second-order valence-corrected chi connectivity index (χ2v) is 8.27. The van der Waals surface area contributed by atoms with Crippen LogP contribution in [0.4, 0.5) is 10.5 Å². The van der Waals surface area contributed by atoms with Crippen molar-refractivity contribution >= 4 is 27.7 Å². The van der Waals surface area contributed by atoms with Gasteiger partial charge >= 0.3 is 6.09 Å². The number of methoxy groups -OCH3 is 2. The van der Waals surface area contributed by atoms with Crippen molar-refractivity contribution in [1.29, 1.82) is 0 Å². The molecule has 1 atom stereocenters. The molecule has 1 aliphatic heterocycles. The van der Waals surface area contributed by atoms with Crippen LogP contribution in [0.15, 0.2) is 42.5 Å². The third-order valence-electron chi connectivity index (χ3n) is 4.46. The number of carbonyl (C=O) groups excluding carboxylic acids is 2. The van der Waals surface area contributed by atoms with Crippen LogP contribution in [0.25, 0.3) is 0 Å². The Hall–Kier alpha value is -3.34. The lowest BCUT2D eigenvalue weighted by Gasteiger charge is -2.26. The van der Waals surface area contributed by atoms with Crippen LogP contribution in [0, 0.1) is 0 Å². The molecule has 2 amide bonds. The quantitative estimate of drug-likeness (QED) is 0.644. The van der Waals surface area contributed by atoms with Crippen molar-refractivity contribution in [1.82, 2.24) is 9.88 Å². The molecule has 0 radical (unpaired) electrons. The molecule has 1 aromatic carbocycles. The van der Waals surface area contributed by atoms with Crippen LogP contribution < -0.4 is 13.8 Å². The van der Waals surface area contributed by atoms with Crippen LogP contribution in [0.1, 0.15) is 11.6 Å². The SMILES string of the molecule is COc1ccc(N(C(=O)CN2C(=O)OC[C@H]2c2ccccc2)S(C)(=O)=O)c(OC)n1. The topological polar surface area (TPSA) is 115 Å². The molecule has 0 bridgehead atoms. The number of amides is 2. The van der Waals surface area contributed by atoms with E-state index < -0.39 is 34.6 Å². The van der Waals surface area contributed by atoms with Gasteiger partial charge in [-0.15, -0.1) is 0 Å². The van der Waals surface area contributed by atoms with E-state index in [-0.39, 0.29) is 24.1 Å². The molecular weight excluding hydrogens is 414 g/mol. The van der Waals surface area contributed by atoms with Gasteiger partial charge in [0.2, 0.25) is 21.8 Å². The van der Waals surface area contributed by atoms with Crippen LogP contribution in [0.5, 0.6) is 11.8 Å². The number of pyridine rings is 1. The van der Waals surface area contributed by atoms with Crippen LogP contribution in [-0.4, -0.2) is 63.9 Å². The number of cyclic esters (lactones) is 1. The predicted octanol–water partition coefficient (Wildman–Crippen LogP) is 1.58. The highest BCUT2D eigenvalue weighted by atomic mass is 32.2. The molecule has 2 heterocycles. The Kier molecular flexibility index (Phi) is 6.11. The Balaban J connectivity index is 1.94. The van der Waals surface area contributed by atoms with E-state index in [1.165, 1.54) is 31.3 Å². The number of hydrogen-bond donors (Lipinski definition) is 0. The minimum atomic E-state index is -4.07. The van der Waals surface area contributed by atoms with Gasteiger partial charge < -0.3 is 14.2 Å². The highest BCUT2D eigenvalue weighted by Gasteiger charge is 2.38. The van der Waals surface area contributed by atoms with Crippen LogP contribution in [-0.2, 0) is 19.6 Å². The minimum Gasteiger partial charge on any atom is -0.481 e. The zero-order valence-corrected chi connectivity index (χ0v) is 17.5. The second-order valence-electron chi connectivity index (χ2n) is 6.43. The Morgan fingerprint density at radius 3 is 2.50 bits per heavy atom. The fourth-order valence-electron chi connectivity index (χ4n) is 3.12. The first-order chi connectivity index (χ1) is 14.3. The molecule has 1 aromatic heterocycles. The molecular formula is C19H21N3O7S. The maximum atomic E-state index is 13.1. The van der Waals surface area contributed by atoms with E-state index in [0.29, 0.717) is 4.31 Å². The number of aromatic nitrogens is 1. The summed E-state index contributed by atoms with van der Waals surface area (Å²) in [7, 11) is -1.38. The van der Waals surface area contributed by atoms with Gasteiger partial charge in [0.15, 0.2) is 0 Å². The number of nitrogens with zero attached hydrogens (tertiary/aromatic N) is 3. The van der Waals surface area contributed by atoms with Crippen molar-refractivity contribution in [2.45, 2.75) is 6.04 Å². The molecule has 0 N–H and O–H groups in total. The van der Waals surface area contributed by atoms with Gasteiger partial charge in [-0.05, 0) is 11.6 Å². The average molecular weight is 435 g/mol. The van der Waals surface area contributed by atoms with E-state index in [4.69, 9.17) is 14.2 Å². The molecule has 0 spiro atoms. The Bertz CT molecular complexity index is 1040. The summed E-state index contributed by atoms with van der Waals surface area (Å²) in [6.45, 7) is -0.455. The Morgan fingerprint density at radius 2 is 1.90 bits per heavy atom. The zero-order valence-electron chi connectivity index (χ0n) is 16.6. The first-order valence-electron chi connectivity index (χ1n) is 8.86. The van der Waals surface area contributed by atoms with Crippen LogP contribution in [0.2, 0.25) is 0 Å². The largest absolute Gasteiger partial charge is 0.481 e. The summed E-state index contributed by atoms with van der Waals surface area (Å²) < 4.78 is 40.7. The summed E-state index contributed by atoms with van der Waals surface area (Å²) in [6.07, 6.45) is 0.177. The molecule has 1 aliphatic rings. The average Bonchev–Trinajstić information content (AvgIpc) is 3.08. The molecule has 1 saturated heterocycles. The summed E-state index contributed by atoms with van der Waals surface area (Å²) in [5, 5.41) is 0. The maximum absolute atomic E-state index is 13.1. The first kappa shape index (κ1) is 21.4. The van der Waals surface area contributed by atoms with Crippen LogP contribution >= 0.6 is 0 Å². The van der Waals surface area contributed by atoms with Gasteiger partial charge in [-0.2, -0.15) is 9.29 Å². The molecule has 0 unspecified atom stereocenters. The van der Waals surface area contributed by atoms with Gasteiger partial charge in [-0.3, -0.25) is 9.69 Å². The molecule has 30 heavy (non-hydrogen) atoms. The summed E-state index contributed by atoms with van der Waals surface area (Å²) in [5.41, 5.74) is 0.681. The Labute approximate surface area is 174 Å². The van der Waals surface area contributed by atoms with E-state index in [9.17, 15) is 18.0 Å². The minimum absolute atomic E-state index is 0.0580. The van der Waals surface area contributed by atoms with E-state index in [1.807, 2.05) is 6.07 Å². The van der Waals surface area contributed by atoms with Crippen molar-refractivity contribution in [3.63, 3.8) is 0 Å². The smallest absolute Gasteiger partial charge is 0.410 e. The van der Waals surface area contributed by atoms with Crippen molar-refractivity contribution in [3.05, 3.63) is 48.0 Å². The summed E-state index contributed by atoms with van der Waals surface area (Å²) in [4.78, 5) is 30.5. The first-order valence-corrected chi connectivity index (χ1v) is 10.7. The molecule has 0 aliphatic carbocycles. The maximum Gasteiger partial charge on any atom is 0.410 e. The van der Waals surface area contributed by atoms with Gasteiger partial charge in [0.1, 0.15) is 18.8 Å². The molecule has 2 aromatic rings. The van der Waals surface area contributed by atoms with Crippen LogP contribution in [0.3, 0.4) is 0 Å². The summed E-state index contributed by atoms with van der Waals surface area (Å²) in [6, 6.07) is 11.3. The molecule has 0 saturated carbocycles. The molecule has 3 rings (SSSR count). The van der Waals surface area contributed by atoms with E-state index >= 15 is 0 Å². The molecule has 10 nitrogen and oxygen atoms in total. The monoisotopic (exact) mass is 435 g/mol. The molecule has 11 heteroatoms. The number of carbonyl (C=O) groups is 2. The summed E-state index contributed by atoms with van der Waals surface area (Å²) in [5.74, 6) is -0.789. The van der Waals surface area contributed by atoms with Gasteiger partial charge in [0.05, 0.1) is 26.5 Å². The normalized spacial score (nSPS) is 16.2. The number of anilines is 1. The van der Waals surface area contributed by atoms with Crippen molar-refractivity contribution in [2.75, 3.05) is 37.9 Å². The predicted molar refractivity (Wildman–Crippen MR) is 107 cm³/mol. The molecule has 160 valence electrons. The van der Waals surface area contributed by atoms with E-state index in [0.717, 1.165) is 11.8 Å². The Morgan fingerprint density at radius 1 is 1.20 bits per heavy atom. The fraction of sp³-hybridized carbons (Fsp3) is 0.316. The highest BCUT2D eigenvalue weighted by Crippen LogP contribution is 2.32. The van der Waals surface area contributed by atoms with Crippen molar-refractivity contribution in [3.8, 4) is 11.8 Å². The van der Waals surface area contributed by atoms with Gasteiger partial charge in [0, 0.05) is 6.07 Å². The van der Waals surface area contributed by atoms with Crippen molar-refractivity contribution < 1.29 is 32.2 Å². The third-order valence-corrected chi connectivity index (χ3v) is 5.52.